The van der Waals surface area contributed by atoms with E-state index in [1.54, 1.807) is 6.07 Å². The fourth-order valence-electron chi connectivity index (χ4n) is 2.94. The van der Waals surface area contributed by atoms with Crippen LogP contribution in [0, 0.1) is 26.9 Å². The van der Waals surface area contributed by atoms with E-state index in [0.717, 1.165) is 22.7 Å². The normalized spacial score (nSPS) is 15.9. The van der Waals surface area contributed by atoms with Gasteiger partial charge in [-0.3, -0.25) is 4.72 Å². The summed E-state index contributed by atoms with van der Waals surface area (Å²) >= 11 is 1.90. The lowest BCUT2D eigenvalue weighted by molar-refractivity contribution is -0.112. The molecule has 1 aliphatic rings. The van der Waals surface area contributed by atoms with Crippen molar-refractivity contribution in [1.82, 2.24) is 4.31 Å². The van der Waals surface area contributed by atoms with Crippen LogP contribution in [-0.4, -0.2) is 32.1 Å². The Bertz CT molecular complexity index is 1030. The molecule has 6 nitrogen and oxygen atoms in total. The molecule has 0 saturated carbocycles. The van der Waals surface area contributed by atoms with Crippen molar-refractivity contribution in [3.05, 3.63) is 51.4 Å². The number of hydrogen-bond acceptors (Lipinski definition) is 4. The van der Waals surface area contributed by atoms with Crippen LogP contribution in [0.15, 0.2) is 30.3 Å². The van der Waals surface area contributed by atoms with E-state index in [1.165, 1.54) is 12.1 Å². The van der Waals surface area contributed by atoms with E-state index >= 15 is 0 Å². The van der Waals surface area contributed by atoms with Crippen LogP contribution in [0.25, 0.3) is 0 Å². The van der Waals surface area contributed by atoms with Crippen LogP contribution in [0.2, 0.25) is 0 Å². The van der Waals surface area contributed by atoms with E-state index in [9.17, 15) is 26.4 Å². The fraction of sp³-hybridized carbons (Fsp3) is 0.278. The minimum atomic E-state index is -4.09. The van der Waals surface area contributed by atoms with Gasteiger partial charge in [-0.1, -0.05) is 0 Å². The molecule has 0 unspecified atom stereocenters. The second kappa shape index (κ2) is 8.88. The molecule has 1 saturated heterocycles. The summed E-state index contributed by atoms with van der Waals surface area (Å²) in [5, 5.41) is 2.43. The first-order chi connectivity index (χ1) is 13.7. The Morgan fingerprint density at radius 1 is 1.03 bits per heavy atom. The van der Waals surface area contributed by atoms with Gasteiger partial charge in [0.2, 0.25) is 0 Å². The summed E-state index contributed by atoms with van der Waals surface area (Å²) in [6.07, 6.45) is 1.55. The maximum Gasteiger partial charge on any atom is 0.301 e. The van der Waals surface area contributed by atoms with Crippen LogP contribution < -0.4 is 10.0 Å². The third-order valence-corrected chi connectivity index (χ3v) is 6.75. The number of carbonyl (C=O) groups is 1. The topological polar surface area (TPSA) is 78.5 Å². The zero-order valence-electron chi connectivity index (χ0n) is 15.0. The Kier molecular flexibility index (Phi) is 6.69. The van der Waals surface area contributed by atoms with Gasteiger partial charge in [-0.05, 0) is 65.8 Å². The van der Waals surface area contributed by atoms with Gasteiger partial charge in [0.25, 0.3) is 0 Å². The number of hydrogen-bond donors (Lipinski definition) is 2. The fourth-order valence-corrected chi connectivity index (χ4v) is 4.66. The van der Waals surface area contributed by atoms with Crippen molar-refractivity contribution in [3.8, 4) is 0 Å². The molecule has 0 aliphatic carbocycles. The molecule has 2 aromatic carbocycles. The van der Waals surface area contributed by atoms with Crippen LogP contribution in [-0.2, 0) is 15.0 Å². The van der Waals surface area contributed by atoms with E-state index in [2.05, 4.69) is 10.0 Å². The van der Waals surface area contributed by atoms with Crippen molar-refractivity contribution >= 4 is 56.1 Å². The van der Waals surface area contributed by atoms with Gasteiger partial charge in [-0.15, -0.1) is 0 Å². The number of anilines is 3. The quantitative estimate of drug-likeness (QED) is 0.430. The van der Waals surface area contributed by atoms with Gasteiger partial charge in [-0.25, -0.2) is 13.2 Å². The van der Waals surface area contributed by atoms with Crippen molar-refractivity contribution in [2.75, 3.05) is 23.1 Å². The molecule has 0 aromatic heterocycles. The van der Waals surface area contributed by atoms with Crippen LogP contribution in [0.1, 0.15) is 12.8 Å². The summed E-state index contributed by atoms with van der Waals surface area (Å²) in [5.41, 5.74) is -0.932. The van der Waals surface area contributed by atoms with E-state index in [1.807, 2.05) is 22.6 Å². The predicted molar refractivity (Wildman–Crippen MR) is 112 cm³/mol. The van der Waals surface area contributed by atoms with Gasteiger partial charge < -0.3 is 10.1 Å². The zero-order chi connectivity index (χ0) is 21.2. The summed E-state index contributed by atoms with van der Waals surface area (Å²) in [5.74, 6) is -3.47. The van der Waals surface area contributed by atoms with Gasteiger partial charge in [0, 0.05) is 22.6 Å². The number of nitrogens with one attached hydrogen (secondary N) is 2. The number of carbonyl (C=O) groups excluding carboxylic acids is 1. The van der Waals surface area contributed by atoms with Gasteiger partial charge >= 0.3 is 10.2 Å². The highest BCUT2D eigenvalue weighted by Gasteiger charge is 2.29. The van der Waals surface area contributed by atoms with E-state index in [0.29, 0.717) is 16.4 Å². The summed E-state index contributed by atoms with van der Waals surface area (Å²) in [7, 11) is -4.09. The second-order valence-electron chi connectivity index (χ2n) is 6.51. The minimum Gasteiger partial charge on any atom is -0.349 e. The Morgan fingerprint density at radius 3 is 2.31 bits per heavy atom. The van der Waals surface area contributed by atoms with Crippen molar-refractivity contribution in [1.29, 1.82) is 0 Å². The van der Waals surface area contributed by atoms with Crippen LogP contribution in [0.5, 0.6) is 0 Å². The van der Waals surface area contributed by atoms with Crippen molar-refractivity contribution in [2.24, 2.45) is 5.92 Å². The molecular weight excluding hydrogens is 522 g/mol. The third kappa shape index (κ3) is 5.01. The third-order valence-electron chi connectivity index (χ3n) is 4.56. The number of halogens is 4. The highest BCUT2D eigenvalue weighted by atomic mass is 127. The first-order valence-corrected chi connectivity index (χ1v) is 11.2. The van der Waals surface area contributed by atoms with Gasteiger partial charge in [0.05, 0.1) is 11.4 Å². The first-order valence-electron chi connectivity index (χ1n) is 8.64. The first kappa shape index (κ1) is 21.8. The van der Waals surface area contributed by atoms with Crippen molar-refractivity contribution in [3.63, 3.8) is 0 Å². The molecule has 1 aliphatic heterocycles. The predicted octanol–water partition coefficient (Wildman–Crippen LogP) is 4.02. The number of rotatable bonds is 6. The minimum absolute atomic E-state index is 0.122. The SMILES string of the molecule is O=CC1CCN(S(=O)(=O)Nc2ccc(F)c(F)c2Nc2ccc(I)cc2F)CC1. The zero-order valence-corrected chi connectivity index (χ0v) is 17.9. The summed E-state index contributed by atoms with van der Waals surface area (Å²) in [6.45, 7) is 0.244. The second-order valence-corrected chi connectivity index (χ2v) is 9.43. The molecule has 29 heavy (non-hydrogen) atoms. The van der Waals surface area contributed by atoms with Gasteiger partial charge in [0.15, 0.2) is 11.6 Å². The molecule has 0 amide bonds. The highest BCUT2D eigenvalue weighted by molar-refractivity contribution is 14.1. The highest BCUT2D eigenvalue weighted by Crippen LogP contribution is 2.33. The number of piperidine rings is 1. The monoisotopic (exact) mass is 539 g/mol. The van der Waals surface area contributed by atoms with Gasteiger partial charge in [-0.2, -0.15) is 12.7 Å². The van der Waals surface area contributed by atoms with Crippen LogP contribution in [0.3, 0.4) is 0 Å². The standard InChI is InChI=1S/C18H17F3IN3O3S/c19-13-2-4-16(24-29(27,28)25-7-5-11(10-26)6-8-25)18(17(13)21)23-15-3-1-12(22)9-14(15)20/h1-4,9-11,23-24H,5-8H2. The molecule has 1 fully saturated rings. The lowest BCUT2D eigenvalue weighted by Crippen LogP contribution is -2.42. The maximum absolute atomic E-state index is 14.4. The number of aldehydes is 1. The summed E-state index contributed by atoms with van der Waals surface area (Å²) in [4.78, 5) is 10.8. The molecular formula is C18H17F3IN3O3S. The molecule has 0 radical (unpaired) electrons. The summed E-state index contributed by atoms with van der Waals surface area (Å²) < 4.78 is 71.6. The van der Waals surface area contributed by atoms with E-state index < -0.39 is 33.3 Å². The smallest absolute Gasteiger partial charge is 0.301 e. The van der Waals surface area contributed by atoms with Crippen LogP contribution >= 0.6 is 22.6 Å². The summed E-state index contributed by atoms with van der Waals surface area (Å²) in [6, 6.07) is 5.93. The molecule has 2 N–H and O–H groups in total. The molecule has 3 rings (SSSR count). The lowest BCUT2D eigenvalue weighted by atomic mass is 10.0. The molecule has 156 valence electrons. The van der Waals surface area contributed by atoms with E-state index in [4.69, 9.17) is 0 Å². The Hall–Kier alpha value is -1.86. The largest absolute Gasteiger partial charge is 0.349 e. The average molecular weight is 539 g/mol. The molecule has 1 heterocycles. The Balaban J connectivity index is 1.89. The Labute approximate surface area is 179 Å². The van der Waals surface area contributed by atoms with Crippen molar-refractivity contribution < 1.29 is 26.4 Å². The van der Waals surface area contributed by atoms with Gasteiger partial charge in [0.1, 0.15) is 17.8 Å². The van der Waals surface area contributed by atoms with Crippen LogP contribution in [0.4, 0.5) is 30.2 Å². The average Bonchev–Trinajstić information content (AvgIpc) is 2.69. The molecule has 0 bridgehead atoms. The van der Waals surface area contributed by atoms with E-state index in [-0.39, 0.29) is 30.4 Å². The van der Waals surface area contributed by atoms with Crippen molar-refractivity contribution in [2.45, 2.75) is 12.8 Å². The molecule has 2 aromatic rings. The lowest BCUT2D eigenvalue weighted by Gasteiger charge is -2.29. The molecule has 11 heteroatoms. The molecule has 0 spiro atoms. The Morgan fingerprint density at radius 2 is 1.69 bits per heavy atom. The number of benzene rings is 2. The molecule has 0 atom stereocenters. The maximum atomic E-state index is 14.4. The number of nitrogens with zero attached hydrogens (tertiary/aromatic N) is 1.